The third-order valence-corrected chi connectivity index (χ3v) is 2.04. The zero-order chi connectivity index (χ0) is 6.53. The van der Waals surface area contributed by atoms with E-state index in [0.717, 1.165) is 0 Å². The Hall–Kier alpha value is -0.0400. The Morgan fingerprint density at radius 3 is 2.00 bits per heavy atom. The number of hydrogen-bond acceptors (Lipinski definition) is 1. The summed E-state index contributed by atoms with van der Waals surface area (Å²) >= 11 is 0. The van der Waals surface area contributed by atoms with E-state index in [2.05, 4.69) is 7.11 Å². The molecule has 1 fully saturated rings. The van der Waals surface area contributed by atoms with E-state index in [-0.39, 0.29) is 0 Å². The van der Waals surface area contributed by atoms with Gasteiger partial charge in [0, 0.05) is 0 Å². The summed E-state index contributed by atoms with van der Waals surface area (Å²) in [6.45, 7) is 0. The van der Waals surface area contributed by atoms with Crippen molar-refractivity contribution in [1.82, 2.24) is 0 Å². The molecule has 1 aliphatic rings. The second-order valence-electron chi connectivity index (χ2n) is 2.78. The Morgan fingerprint density at radius 1 is 1.00 bits per heavy atom. The monoisotopic (exact) mass is 127 g/mol. The molecular formula is C8H15O. The lowest BCUT2D eigenvalue weighted by molar-refractivity contribution is 0.123. The van der Waals surface area contributed by atoms with Crippen LogP contribution in [0.25, 0.3) is 0 Å². The van der Waals surface area contributed by atoms with Gasteiger partial charge in [0.25, 0.3) is 0 Å². The standard InChI is InChI=1S/C8H15O/c1-9-8-6-4-2-3-5-7-8/h8H,1-7H2. The Kier molecular flexibility index (Phi) is 3.05. The topological polar surface area (TPSA) is 9.23 Å². The molecule has 0 N–H and O–H groups in total. The van der Waals surface area contributed by atoms with Gasteiger partial charge in [0.05, 0.1) is 13.2 Å². The molecule has 1 aliphatic carbocycles. The Balaban J connectivity index is 2.18. The number of ether oxygens (including phenoxy) is 1. The molecule has 0 saturated heterocycles. The van der Waals surface area contributed by atoms with Crippen LogP contribution in [0.4, 0.5) is 0 Å². The van der Waals surface area contributed by atoms with Crippen molar-refractivity contribution < 1.29 is 4.74 Å². The van der Waals surface area contributed by atoms with Gasteiger partial charge in [0.2, 0.25) is 0 Å². The first-order valence-electron chi connectivity index (χ1n) is 3.84. The molecule has 1 saturated carbocycles. The molecule has 1 radical (unpaired) electrons. The van der Waals surface area contributed by atoms with E-state index in [0.29, 0.717) is 6.10 Å². The van der Waals surface area contributed by atoms with Crippen molar-refractivity contribution >= 4 is 0 Å². The molecule has 1 nitrogen and oxygen atoms in total. The fourth-order valence-electron chi connectivity index (χ4n) is 1.41. The van der Waals surface area contributed by atoms with Crippen LogP contribution in [0.5, 0.6) is 0 Å². The van der Waals surface area contributed by atoms with Gasteiger partial charge in [-0.15, -0.1) is 0 Å². The minimum Gasteiger partial charge on any atom is -0.376 e. The third-order valence-electron chi connectivity index (χ3n) is 2.04. The van der Waals surface area contributed by atoms with Crippen molar-refractivity contribution in [1.29, 1.82) is 0 Å². The van der Waals surface area contributed by atoms with Gasteiger partial charge in [0.1, 0.15) is 0 Å². The van der Waals surface area contributed by atoms with E-state index in [1.54, 1.807) is 0 Å². The molecular weight excluding hydrogens is 112 g/mol. The van der Waals surface area contributed by atoms with Crippen LogP contribution in [0.2, 0.25) is 0 Å². The molecule has 0 aromatic rings. The number of rotatable bonds is 1. The first-order valence-corrected chi connectivity index (χ1v) is 3.84. The zero-order valence-corrected chi connectivity index (χ0v) is 5.94. The van der Waals surface area contributed by atoms with Gasteiger partial charge in [-0.3, -0.25) is 0 Å². The molecule has 0 unspecified atom stereocenters. The lowest BCUT2D eigenvalue weighted by Gasteiger charge is -2.09. The molecule has 0 heterocycles. The highest BCUT2D eigenvalue weighted by molar-refractivity contribution is 4.63. The molecule has 0 amide bonds. The summed E-state index contributed by atoms with van der Waals surface area (Å²) in [5.74, 6) is 0. The summed E-state index contributed by atoms with van der Waals surface area (Å²) < 4.78 is 5.02. The van der Waals surface area contributed by atoms with Gasteiger partial charge in [-0.05, 0) is 12.8 Å². The predicted octanol–water partition coefficient (Wildman–Crippen LogP) is 2.52. The van der Waals surface area contributed by atoms with Gasteiger partial charge in [0.15, 0.2) is 0 Å². The van der Waals surface area contributed by atoms with E-state index < -0.39 is 0 Å². The maximum atomic E-state index is 5.02. The second kappa shape index (κ2) is 3.89. The van der Waals surface area contributed by atoms with Gasteiger partial charge < -0.3 is 4.74 Å². The highest BCUT2D eigenvalue weighted by Gasteiger charge is 2.09. The van der Waals surface area contributed by atoms with Crippen molar-refractivity contribution in [2.75, 3.05) is 0 Å². The molecule has 0 atom stereocenters. The fourth-order valence-corrected chi connectivity index (χ4v) is 1.41. The maximum Gasteiger partial charge on any atom is 0.0704 e. The summed E-state index contributed by atoms with van der Waals surface area (Å²) in [4.78, 5) is 0. The maximum absolute atomic E-state index is 5.02. The summed E-state index contributed by atoms with van der Waals surface area (Å²) in [5.41, 5.74) is 0. The van der Waals surface area contributed by atoms with Gasteiger partial charge >= 0.3 is 0 Å². The minimum absolute atomic E-state index is 0.465. The van der Waals surface area contributed by atoms with Crippen molar-refractivity contribution in [3.63, 3.8) is 0 Å². The first-order chi connectivity index (χ1) is 4.43. The number of hydrogen-bond donors (Lipinski definition) is 0. The highest BCUT2D eigenvalue weighted by Crippen LogP contribution is 2.18. The molecule has 53 valence electrons. The quantitative estimate of drug-likeness (QED) is 0.492. The zero-order valence-electron chi connectivity index (χ0n) is 5.94. The second-order valence-corrected chi connectivity index (χ2v) is 2.78. The molecule has 0 aliphatic heterocycles. The molecule has 9 heavy (non-hydrogen) atoms. The van der Waals surface area contributed by atoms with E-state index in [1.807, 2.05) is 0 Å². The normalized spacial score (nSPS) is 23.7. The molecule has 0 aromatic carbocycles. The third kappa shape index (κ3) is 2.35. The van der Waals surface area contributed by atoms with Crippen LogP contribution in [0, 0.1) is 7.11 Å². The van der Waals surface area contributed by atoms with Crippen LogP contribution in [0.3, 0.4) is 0 Å². The van der Waals surface area contributed by atoms with Gasteiger partial charge in [-0.1, -0.05) is 25.7 Å². The Bertz CT molecular complexity index is 63.0. The van der Waals surface area contributed by atoms with Gasteiger partial charge in [-0.25, -0.2) is 0 Å². The summed E-state index contributed by atoms with van der Waals surface area (Å²) in [6, 6.07) is 0. The van der Waals surface area contributed by atoms with Crippen molar-refractivity contribution in [2.24, 2.45) is 0 Å². The minimum atomic E-state index is 0.465. The lowest BCUT2D eigenvalue weighted by atomic mass is 10.2. The van der Waals surface area contributed by atoms with Crippen molar-refractivity contribution in [3.05, 3.63) is 7.11 Å². The summed E-state index contributed by atoms with van der Waals surface area (Å²) in [6.07, 6.45) is 8.36. The fraction of sp³-hybridized carbons (Fsp3) is 0.875. The largest absolute Gasteiger partial charge is 0.376 e. The highest BCUT2D eigenvalue weighted by atomic mass is 16.5. The van der Waals surface area contributed by atoms with Crippen LogP contribution >= 0.6 is 0 Å². The van der Waals surface area contributed by atoms with Crippen LogP contribution < -0.4 is 0 Å². The molecule has 1 rings (SSSR count). The van der Waals surface area contributed by atoms with Gasteiger partial charge in [-0.2, -0.15) is 0 Å². The predicted molar refractivity (Wildman–Crippen MR) is 37.9 cm³/mol. The summed E-state index contributed by atoms with van der Waals surface area (Å²) in [7, 11) is 3.45. The van der Waals surface area contributed by atoms with Crippen molar-refractivity contribution in [3.8, 4) is 0 Å². The van der Waals surface area contributed by atoms with Crippen LogP contribution in [0.1, 0.15) is 38.5 Å². The van der Waals surface area contributed by atoms with E-state index in [4.69, 9.17) is 4.74 Å². The van der Waals surface area contributed by atoms with E-state index in [9.17, 15) is 0 Å². The Morgan fingerprint density at radius 2 is 1.56 bits per heavy atom. The smallest absolute Gasteiger partial charge is 0.0704 e. The van der Waals surface area contributed by atoms with Crippen LogP contribution in [-0.2, 0) is 4.74 Å². The van der Waals surface area contributed by atoms with E-state index >= 15 is 0 Å². The van der Waals surface area contributed by atoms with Crippen molar-refractivity contribution in [2.45, 2.75) is 44.6 Å². The van der Waals surface area contributed by atoms with E-state index in [1.165, 1.54) is 38.5 Å². The Labute approximate surface area is 57.4 Å². The summed E-state index contributed by atoms with van der Waals surface area (Å²) in [5, 5.41) is 0. The van der Waals surface area contributed by atoms with Crippen LogP contribution in [-0.4, -0.2) is 6.10 Å². The SMILES string of the molecule is [CH2]OC1CCCCCC1. The molecule has 0 aromatic heterocycles. The average Bonchev–Trinajstić information content (AvgIpc) is 2.13. The molecule has 0 spiro atoms. The van der Waals surface area contributed by atoms with Crippen LogP contribution in [0.15, 0.2) is 0 Å². The molecule has 0 bridgehead atoms. The lowest BCUT2D eigenvalue weighted by Crippen LogP contribution is -2.06. The average molecular weight is 127 g/mol. The first kappa shape index (κ1) is 7.07. The molecule has 1 heteroatoms.